The molecular formula is C55H110. The lowest BCUT2D eigenvalue weighted by atomic mass is 9.51. The van der Waals surface area contributed by atoms with Gasteiger partial charge in [0, 0.05) is 0 Å². The lowest BCUT2D eigenvalue weighted by molar-refractivity contribution is -0.0625. The van der Waals surface area contributed by atoms with Gasteiger partial charge in [0.1, 0.15) is 0 Å². The van der Waals surface area contributed by atoms with E-state index < -0.39 is 0 Å². The number of rotatable bonds is 26. The van der Waals surface area contributed by atoms with Crippen LogP contribution in [0.2, 0.25) is 0 Å². The largest absolute Gasteiger partial charge is 0.103 e. The first-order valence-corrected chi connectivity index (χ1v) is 24.7. The highest BCUT2D eigenvalue weighted by Gasteiger charge is 2.50. The summed E-state index contributed by atoms with van der Waals surface area (Å²) in [6, 6.07) is 0. The van der Waals surface area contributed by atoms with Gasteiger partial charge in [-0.05, 0) is 154 Å². The Kier molecular flexibility index (Phi) is 24.0. The van der Waals surface area contributed by atoms with Gasteiger partial charge in [0.25, 0.3) is 0 Å². The minimum Gasteiger partial charge on any atom is -0.103 e. The molecule has 0 aromatic carbocycles. The zero-order valence-corrected chi connectivity index (χ0v) is 43.3. The van der Waals surface area contributed by atoms with Gasteiger partial charge in [0.15, 0.2) is 0 Å². The monoisotopic (exact) mass is 771 g/mol. The van der Waals surface area contributed by atoms with Gasteiger partial charge in [-0.3, -0.25) is 0 Å². The second-order valence-electron chi connectivity index (χ2n) is 23.7. The summed E-state index contributed by atoms with van der Waals surface area (Å²) in [7, 11) is 0. The van der Waals surface area contributed by atoms with Crippen molar-refractivity contribution >= 4 is 0 Å². The fraction of sp³-hybridized carbons (Fsp3) is 0.964. The Labute approximate surface area is 352 Å². The zero-order chi connectivity index (χ0) is 43.7. The van der Waals surface area contributed by atoms with E-state index in [-0.39, 0.29) is 0 Å². The van der Waals surface area contributed by atoms with Gasteiger partial charge >= 0.3 is 0 Å². The van der Waals surface area contributed by atoms with Crippen LogP contribution in [0.3, 0.4) is 0 Å². The SMILES string of the molecule is C=CC(C(C(C)C)C(C)C)C(C(C)C(C)C(C)C)C(C)C(C)C(C)C(C(C)C(C)C)C(C(C)C(C)C)C(C(C)C)C(C(C)C)C(C)C(C)C(C)C(C)C(C)C. The third-order valence-corrected chi connectivity index (χ3v) is 18.4. The van der Waals surface area contributed by atoms with Gasteiger partial charge in [-0.2, -0.15) is 0 Å². The van der Waals surface area contributed by atoms with E-state index in [1.54, 1.807) is 0 Å². The average Bonchev–Trinajstić information content (AvgIpc) is 3.08. The molecule has 0 nitrogen and oxygen atoms in total. The van der Waals surface area contributed by atoms with E-state index in [0.29, 0.717) is 136 Å². The number of hydrogen-bond donors (Lipinski definition) is 0. The van der Waals surface area contributed by atoms with Crippen molar-refractivity contribution < 1.29 is 0 Å². The fourth-order valence-electron chi connectivity index (χ4n) is 13.0. The summed E-state index contributed by atoms with van der Waals surface area (Å²) < 4.78 is 0. The highest BCUT2D eigenvalue weighted by Crippen LogP contribution is 2.55. The van der Waals surface area contributed by atoms with Gasteiger partial charge < -0.3 is 0 Å². The summed E-state index contributed by atoms with van der Waals surface area (Å²) in [5.74, 6) is 17.2. The molecule has 0 aromatic rings. The first-order chi connectivity index (χ1) is 25.0. The average molecular weight is 771 g/mol. The van der Waals surface area contributed by atoms with Gasteiger partial charge in [0.05, 0.1) is 0 Å². The molecule has 330 valence electrons. The number of allylic oxidation sites excluding steroid dienone is 1. The van der Waals surface area contributed by atoms with Crippen LogP contribution in [-0.4, -0.2) is 0 Å². The zero-order valence-electron chi connectivity index (χ0n) is 43.3. The standard InChI is InChI=1S/C55H110/c1-29-49(50(34(10)11)35(12)13)53(45(25)39(19)31(4)5)47(27)44(24)48(28)54(40(20)32(6)7)55(41(21)33(8)9)52(37(16)17)51(36(14)15)46(26)43(23)42(22)38(18)30(2)3/h29-55H,1H2,2-28H3. The Morgan fingerprint density at radius 2 is 0.455 bits per heavy atom. The van der Waals surface area contributed by atoms with Crippen LogP contribution in [0.4, 0.5) is 0 Å². The minimum atomic E-state index is 0.526. The van der Waals surface area contributed by atoms with E-state index >= 15 is 0 Å². The maximum Gasteiger partial charge on any atom is -0.0169 e. The van der Waals surface area contributed by atoms with Gasteiger partial charge in [0.2, 0.25) is 0 Å². The molecule has 0 amide bonds. The lowest BCUT2D eigenvalue weighted by Gasteiger charge is -2.54. The van der Waals surface area contributed by atoms with Gasteiger partial charge in [-0.15, -0.1) is 6.58 Å². The maximum atomic E-state index is 4.64. The predicted octanol–water partition coefficient (Wildman–Crippen LogP) is 17.7. The highest BCUT2D eigenvalue weighted by molar-refractivity contribution is 5.00. The summed E-state index contributed by atoms with van der Waals surface area (Å²) in [4.78, 5) is 0. The molecule has 0 spiro atoms. The van der Waals surface area contributed by atoms with Crippen LogP contribution in [0.5, 0.6) is 0 Å². The molecule has 0 heterocycles. The van der Waals surface area contributed by atoms with Crippen LogP contribution >= 0.6 is 0 Å². The Balaban J connectivity index is 7.90. The first-order valence-electron chi connectivity index (χ1n) is 24.7. The second kappa shape index (κ2) is 24.1. The molecule has 17 unspecified atom stereocenters. The van der Waals surface area contributed by atoms with E-state index in [4.69, 9.17) is 0 Å². The van der Waals surface area contributed by atoms with E-state index in [9.17, 15) is 0 Å². The first kappa shape index (κ1) is 54.7. The van der Waals surface area contributed by atoms with Crippen molar-refractivity contribution in [3.63, 3.8) is 0 Å². The van der Waals surface area contributed by atoms with Gasteiger partial charge in [-0.25, -0.2) is 0 Å². The Morgan fingerprint density at radius 3 is 0.782 bits per heavy atom. The van der Waals surface area contributed by atoms with Crippen molar-refractivity contribution in [3.05, 3.63) is 12.7 Å². The van der Waals surface area contributed by atoms with Gasteiger partial charge in [-0.1, -0.05) is 193 Å². The lowest BCUT2D eigenvalue weighted by Crippen LogP contribution is -2.49. The van der Waals surface area contributed by atoms with Crippen molar-refractivity contribution in [3.8, 4) is 0 Å². The van der Waals surface area contributed by atoms with Crippen molar-refractivity contribution in [2.45, 2.75) is 187 Å². The van der Waals surface area contributed by atoms with Crippen LogP contribution in [0.15, 0.2) is 12.7 Å². The molecule has 0 radical (unpaired) electrons. The Morgan fingerprint density at radius 1 is 0.200 bits per heavy atom. The molecule has 0 aliphatic carbocycles. The molecule has 0 saturated heterocycles. The minimum absolute atomic E-state index is 0.526. The van der Waals surface area contributed by atoms with Crippen molar-refractivity contribution in [1.82, 2.24) is 0 Å². The molecule has 0 aromatic heterocycles. The van der Waals surface area contributed by atoms with Crippen molar-refractivity contribution in [1.29, 1.82) is 0 Å². The van der Waals surface area contributed by atoms with E-state index in [1.807, 2.05) is 0 Å². The smallest absolute Gasteiger partial charge is 0.0169 e. The third-order valence-electron chi connectivity index (χ3n) is 18.4. The quantitative estimate of drug-likeness (QED) is 0.0769. The van der Waals surface area contributed by atoms with Crippen molar-refractivity contribution in [2.75, 3.05) is 0 Å². The molecule has 0 N–H and O–H groups in total. The summed E-state index contributed by atoms with van der Waals surface area (Å²) >= 11 is 0. The van der Waals surface area contributed by atoms with Crippen LogP contribution in [-0.2, 0) is 0 Å². The number of hydrogen-bond acceptors (Lipinski definition) is 0. The second-order valence-corrected chi connectivity index (χ2v) is 23.7. The summed E-state index contributed by atoms with van der Waals surface area (Å²) in [6.45, 7) is 74.0. The van der Waals surface area contributed by atoms with Crippen molar-refractivity contribution in [2.24, 2.45) is 154 Å². The molecule has 55 heavy (non-hydrogen) atoms. The molecule has 0 heteroatoms. The van der Waals surface area contributed by atoms with Crippen LogP contribution < -0.4 is 0 Å². The molecule has 0 aliphatic heterocycles. The Bertz CT molecular complexity index is 1000. The van der Waals surface area contributed by atoms with Crippen LogP contribution in [0.25, 0.3) is 0 Å². The normalized spacial score (nSPS) is 22.8. The molecule has 0 bridgehead atoms. The predicted molar refractivity (Wildman–Crippen MR) is 254 cm³/mol. The van der Waals surface area contributed by atoms with Crippen LogP contribution in [0.1, 0.15) is 187 Å². The Hall–Kier alpha value is -0.260. The molecule has 17 atom stereocenters. The van der Waals surface area contributed by atoms with E-state index in [0.717, 1.165) is 17.8 Å². The van der Waals surface area contributed by atoms with Crippen LogP contribution in [0, 0.1) is 154 Å². The highest BCUT2D eigenvalue weighted by atomic mass is 14.5. The molecule has 0 saturated carbocycles. The summed E-state index contributed by atoms with van der Waals surface area (Å²) in [5.41, 5.74) is 0. The molecule has 0 rings (SSSR count). The fourth-order valence-corrected chi connectivity index (χ4v) is 13.0. The van der Waals surface area contributed by atoms with E-state index in [1.165, 1.54) is 0 Å². The topological polar surface area (TPSA) is 0 Å². The molecular weight excluding hydrogens is 661 g/mol. The van der Waals surface area contributed by atoms with E-state index in [2.05, 4.69) is 200 Å². The summed E-state index contributed by atoms with van der Waals surface area (Å²) in [5, 5.41) is 0. The molecule has 0 aliphatic rings. The third kappa shape index (κ3) is 13.9. The summed E-state index contributed by atoms with van der Waals surface area (Å²) in [6.07, 6.45) is 2.43. The molecule has 0 fully saturated rings. The maximum absolute atomic E-state index is 4.64.